The molecule has 0 saturated carbocycles. The van der Waals surface area contributed by atoms with Crippen molar-refractivity contribution >= 4 is 19.4 Å². The summed E-state index contributed by atoms with van der Waals surface area (Å²) in [5, 5.41) is 4.38. The SMILES string of the molecule is O=C(Pc1ccccc1)[C@@H]1CCCN1. The first-order valence-corrected chi connectivity index (χ1v) is 5.95. The third-order valence-corrected chi connectivity index (χ3v) is 3.63. The Morgan fingerprint density at radius 3 is 2.79 bits per heavy atom. The fourth-order valence-electron chi connectivity index (χ4n) is 1.66. The van der Waals surface area contributed by atoms with Crippen molar-refractivity contribution in [3.05, 3.63) is 30.3 Å². The highest BCUT2D eigenvalue weighted by Crippen LogP contribution is 2.18. The van der Waals surface area contributed by atoms with Crippen LogP contribution in [-0.2, 0) is 4.79 Å². The van der Waals surface area contributed by atoms with Gasteiger partial charge in [0.2, 0.25) is 0 Å². The van der Waals surface area contributed by atoms with E-state index in [4.69, 9.17) is 0 Å². The van der Waals surface area contributed by atoms with Crippen molar-refractivity contribution in [3.8, 4) is 0 Å². The lowest BCUT2D eigenvalue weighted by molar-refractivity contribution is -0.112. The minimum Gasteiger partial charge on any atom is -0.307 e. The molecule has 0 amide bonds. The highest BCUT2D eigenvalue weighted by Gasteiger charge is 2.21. The van der Waals surface area contributed by atoms with E-state index in [0.717, 1.165) is 24.7 Å². The van der Waals surface area contributed by atoms with E-state index in [2.05, 4.69) is 5.32 Å². The zero-order chi connectivity index (χ0) is 9.80. The van der Waals surface area contributed by atoms with Gasteiger partial charge in [-0.15, -0.1) is 0 Å². The predicted octanol–water partition coefficient (Wildman–Crippen LogP) is 1.27. The van der Waals surface area contributed by atoms with Crippen LogP contribution in [0.3, 0.4) is 0 Å². The monoisotopic (exact) mass is 207 g/mol. The number of carbonyl (C=O) groups is 1. The van der Waals surface area contributed by atoms with Gasteiger partial charge < -0.3 is 5.32 Å². The molecule has 2 nitrogen and oxygen atoms in total. The van der Waals surface area contributed by atoms with Crippen molar-refractivity contribution in [3.63, 3.8) is 0 Å². The van der Waals surface area contributed by atoms with E-state index in [1.165, 1.54) is 0 Å². The third-order valence-electron chi connectivity index (χ3n) is 2.42. The van der Waals surface area contributed by atoms with E-state index in [9.17, 15) is 4.79 Å². The van der Waals surface area contributed by atoms with Gasteiger partial charge in [0.05, 0.1) is 6.04 Å². The van der Waals surface area contributed by atoms with Crippen molar-refractivity contribution in [2.75, 3.05) is 6.54 Å². The van der Waals surface area contributed by atoms with Gasteiger partial charge in [-0.1, -0.05) is 30.3 Å². The second kappa shape index (κ2) is 4.68. The molecule has 74 valence electrons. The lowest BCUT2D eigenvalue weighted by atomic mass is 10.2. The maximum absolute atomic E-state index is 11.8. The summed E-state index contributed by atoms with van der Waals surface area (Å²) in [6, 6.07) is 10.1. The summed E-state index contributed by atoms with van der Waals surface area (Å²) in [6.45, 7) is 0.996. The lowest BCUT2D eigenvalue weighted by Gasteiger charge is -2.08. The molecule has 1 heterocycles. The van der Waals surface area contributed by atoms with Gasteiger partial charge in [-0.05, 0) is 33.3 Å². The van der Waals surface area contributed by atoms with Gasteiger partial charge in [-0.2, -0.15) is 0 Å². The highest BCUT2D eigenvalue weighted by atomic mass is 31.1. The van der Waals surface area contributed by atoms with E-state index < -0.39 is 0 Å². The smallest absolute Gasteiger partial charge is 0.172 e. The van der Waals surface area contributed by atoms with Crippen LogP contribution in [0.1, 0.15) is 12.8 Å². The third kappa shape index (κ3) is 2.40. The Balaban J connectivity index is 1.94. The van der Waals surface area contributed by atoms with Crippen molar-refractivity contribution in [2.24, 2.45) is 0 Å². The van der Waals surface area contributed by atoms with Crippen LogP contribution in [0.2, 0.25) is 0 Å². The van der Waals surface area contributed by atoms with E-state index in [0.29, 0.717) is 14.1 Å². The zero-order valence-electron chi connectivity index (χ0n) is 7.99. The van der Waals surface area contributed by atoms with Crippen molar-refractivity contribution in [2.45, 2.75) is 18.9 Å². The Hall–Kier alpha value is -0.720. The Bertz CT molecular complexity index is 306. The van der Waals surface area contributed by atoms with Crippen LogP contribution in [0.15, 0.2) is 30.3 Å². The molecule has 0 radical (unpaired) electrons. The molecule has 1 saturated heterocycles. The summed E-state index contributed by atoms with van der Waals surface area (Å²) >= 11 is 0. The molecule has 1 N–H and O–H groups in total. The molecule has 0 bridgehead atoms. The Kier molecular flexibility index (Phi) is 3.28. The quantitative estimate of drug-likeness (QED) is 0.756. The van der Waals surface area contributed by atoms with Crippen molar-refractivity contribution in [1.29, 1.82) is 0 Å². The fraction of sp³-hybridized carbons (Fsp3) is 0.364. The standard InChI is InChI=1S/C11H14NOP/c13-11(10-7-4-8-12-10)14-9-5-2-1-3-6-9/h1-3,5-6,10,12,14H,4,7-8H2/t10-/m0/s1. The van der Waals surface area contributed by atoms with Crippen LogP contribution in [0, 0.1) is 0 Å². The number of benzene rings is 1. The first-order valence-electron chi connectivity index (χ1n) is 4.95. The minimum absolute atomic E-state index is 0.119. The molecule has 0 aliphatic carbocycles. The van der Waals surface area contributed by atoms with Gasteiger partial charge >= 0.3 is 0 Å². The molecule has 0 spiro atoms. The summed E-state index contributed by atoms with van der Waals surface area (Å²) in [5.41, 5.74) is 0.355. The molecule has 0 aromatic heterocycles. The summed E-state index contributed by atoms with van der Waals surface area (Å²) in [5.74, 6) is 0. The average molecular weight is 207 g/mol. The Labute approximate surface area is 85.9 Å². The van der Waals surface area contributed by atoms with Crippen LogP contribution >= 0.6 is 8.58 Å². The summed E-state index contributed by atoms with van der Waals surface area (Å²) in [7, 11) is 0.311. The van der Waals surface area contributed by atoms with Crippen LogP contribution in [0.25, 0.3) is 0 Å². The number of hydrogen-bond acceptors (Lipinski definition) is 2. The fourth-order valence-corrected chi connectivity index (χ4v) is 2.72. The molecule has 1 aromatic carbocycles. The topological polar surface area (TPSA) is 29.1 Å². The van der Waals surface area contributed by atoms with Gasteiger partial charge in [0.15, 0.2) is 5.52 Å². The first kappa shape index (κ1) is 9.82. The summed E-state index contributed by atoms with van der Waals surface area (Å²) in [6.07, 6.45) is 2.15. The van der Waals surface area contributed by atoms with E-state index >= 15 is 0 Å². The van der Waals surface area contributed by atoms with Crippen molar-refractivity contribution in [1.82, 2.24) is 5.32 Å². The largest absolute Gasteiger partial charge is 0.307 e. The van der Waals surface area contributed by atoms with Gasteiger partial charge in [0.25, 0.3) is 0 Å². The van der Waals surface area contributed by atoms with E-state index in [1.807, 2.05) is 30.3 Å². The van der Waals surface area contributed by atoms with Crippen LogP contribution in [0.5, 0.6) is 0 Å². The summed E-state index contributed by atoms with van der Waals surface area (Å²) in [4.78, 5) is 11.8. The molecular weight excluding hydrogens is 193 g/mol. The molecular formula is C11H14NOP. The Morgan fingerprint density at radius 1 is 1.36 bits per heavy atom. The van der Waals surface area contributed by atoms with Crippen LogP contribution in [0.4, 0.5) is 0 Å². The zero-order valence-corrected chi connectivity index (χ0v) is 8.99. The second-order valence-corrected chi connectivity index (χ2v) is 4.82. The number of carbonyl (C=O) groups excluding carboxylic acids is 1. The molecule has 2 rings (SSSR count). The molecule has 14 heavy (non-hydrogen) atoms. The van der Waals surface area contributed by atoms with Gasteiger partial charge in [-0.25, -0.2) is 0 Å². The van der Waals surface area contributed by atoms with Gasteiger partial charge in [-0.3, -0.25) is 4.79 Å². The molecule has 1 aliphatic rings. The second-order valence-electron chi connectivity index (χ2n) is 3.50. The van der Waals surface area contributed by atoms with Crippen LogP contribution < -0.4 is 10.6 Å². The number of hydrogen-bond donors (Lipinski definition) is 1. The molecule has 1 fully saturated rings. The minimum atomic E-state index is 0.119. The van der Waals surface area contributed by atoms with Crippen LogP contribution in [-0.4, -0.2) is 18.1 Å². The van der Waals surface area contributed by atoms with Crippen molar-refractivity contribution < 1.29 is 4.79 Å². The maximum Gasteiger partial charge on any atom is 0.172 e. The molecule has 3 heteroatoms. The highest BCUT2D eigenvalue weighted by molar-refractivity contribution is 7.65. The van der Waals surface area contributed by atoms with E-state index in [1.54, 1.807) is 0 Å². The normalized spacial score (nSPS) is 21.9. The summed E-state index contributed by atoms with van der Waals surface area (Å²) < 4.78 is 0. The predicted molar refractivity (Wildman–Crippen MR) is 60.4 cm³/mol. The molecule has 1 aliphatic heterocycles. The molecule has 2 atom stereocenters. The lowest BCUT2D eigenvalue weighted by Crippen LogP contribution is -2.28. The molecule has 1 unspecified atom stereocenters. The average Bonchev–Trinajstić information content (AvgIpc) is 2.72. The number of rotatable bonds is 3. The number of nitrogens with one attached hydrogen (secondary N) is 1. The van der Waals surface area contributed by atoms with E-state index in [-0.39, 0.29) is 6.04 Å². The first-order chi connectivity index (χ1) is 6.86. The van der Waals surface area contributed by atoms with Gasteiger partial charge in [0, 0.05) is 0 Å². The maximum atomic E-state index is 11.8. The van der Waals surface area contributed by atoms with Gasteiger partial charge in [0.1, 0.15) is 0 Å². The Morgan fingerprint density at radius 2 is 2.14 bits per heavy atom. The molecule has 1 aromatic rings.